The molecule has 0 aliphatic carbocycles. The molecule has 1 aromatic rings. The third-order valence-electron chi connectivity index (χ3n) is 4.75. The summed E-state index contributed by atoms with van der Waals surface area (Å²) in [6, 6.07) is 10.3. The number of rotatable bonds is 15. The van der Waals surface area contributed by atoms with Gasteiger partial charge in [-0.25, -0.2) is 0 Å². The lowest BCUT2D eigenvalue weighted by atomic mass is 10.0. The van der Waals surface area contributed by atoms with E-state index >= 15 is 0 Å². The lowest BCUT2D eigenvalue weighted by Gasteiger charge is -2.03. The highest BCUT2D eigenvalue weighted by atomic mass is 14.5. The molecule has 0 aliphatic heterocycles. The van der Waals surface area contributed by atoms with Crippen molar-refractivity contribution < 1.29 is 0 Å². The summed E-state index contributed by atoms with van der Waals surface area (Å²) in [6.07, 6.45) is 21.4. The zero-order chi connectivity index (χ0) is 18.4. The molecule has 0 heterocycles. The molecule has 0 bridgehead atoms. The summed E-state index contributed by atoms with van der Waals surface area (Å²) in [5.74, 6) is 0. The average molecular weight is 348 g/mol. The van der Waals surface area contributed by atoms with Gasteiger partial charge in [0.25, 0.3) is 0 Å². The molecule has 0 saturated carbocycles. The van der Waals surface area contributed by atoms with Crippen molar-refractivity contribution in [3.05, 3.63) is 35.9 Å². The van der Waals surface area contributed by atoms with Crippen molar-refractivity contribution >= 4 is 0 Å². The highest BCUT2D eigenvalue weighted by molar-refractivity contribution is 5.11. The first-order chi connectivity index (χ1) is 12.3. The van der Waals surface area contributed by atoms with Crippen molar-refractivity contribution in [2.45, 2.75) is 110 Å². The van der Waals surface area contributed by atoms with E-state index in [1.165, 1.54) is 102 Å². The molecule has 1 heteroatoms. The monoisotopic (exact) mass is 347 g/mol. The van der Waals surface area contributed by atoms with Crippen molar-refractivity contribution in [1.82, 2.24) is 0 Å². The molecule has 0 amide bonds. The molecular weight excluding hydrogens is 302 g/mol. The van der Waals surface area contributed by atoms with Gasteiger partial charge in [0.15, 0.2) is 0 Å². The molecule has 2 N–H and O–H groups in total. The van der Waals surface area contributed by atoms with Crippen LogP contribution in [-0.2, 0) is 0 Å². The minimum Gasteiger partial charge on any atom is -0.330 e. The fraction of sp³-hybridized carbons (Fsp3) is 0.750. The van der Waals surface area contributed by atoms with E-state index in [9.17, 15) is 0 Å². The predicted octanol–water partition coefficient (Wildman–Crippen LogP) is 7.81. The molecule has 0 unspecified atom stereocenters. The van der Waals surface area contributed by atoms with Gasteiger partial charge in [0, 0.05) is 0 Å². The van der Waals surface area contributed by atoms with Crippen LogP contribution in [0.3, 0.4) is 0 Å². The summed E-state index contributed by atoms with van der Waals surface area (Å²) in [4.78, 5) is 0. The predicted molar refractivity (Wildman–Crippen MR) is 115 cm³/mol. The van der Waals surface area contributed by atoms with E-state index in [-0.39, 0.29) is 0 Å². The Hall–Kier alpha value is -0.820. The van der Waals surface area contributed by atoms with E-state index < -0.39 is 0 Å². The molecule has 0 aliphatic rings. The molecule has 0 radical (unpaired) electrons. The number of unbranched alkanes of at least 4 members (excludes halogenated alkanes) is 14. The molecule has 0 saturated heterocycles. The number of benzene rings is 1. The number of nitrogens with two attached hydrogens (primary N) is 1. The minimum atomic E-state index is 0.873. The van der Waals surface area contributed by atoms with Gasteiger partial charge in [-0.15, -0.1) is 0 Å². The molecule has 0 atom stereocenters. The van der Waals surface area contributed by atoms with Gasteiger partial charge in [-0.1, -0.05) is 133 Å². The highest BCUT2D eigenvalue weighted by Gasteiger charge is 1.93. The van der Waals surface area contributed by atoms with Crippen LogP contribution in [0.4, 0.5) is 0 Å². The van der Waals surface area contributed by atoms with E-state index in [1.54, 1.807) is 0 Å². The van der Waals surface area contributed by atoms with Gasteiger partial charge in [-0.05, 0) is 19.9 Å². The standard InChI is InChI=1S/C17H37N.C7H8/c1-2-3-4-5-6-7-8-9-10-11-12-13-14-15-16-17-18;1-7-5-3-2-4-6-7/h2-18H2,1H3;2-6H,1H3. The van der Waals surface area contributed by atoms with E-state index in [0.717, 1.165) is 6.54 Å². The molecule has 25 heavy (non-hydrogen) atoms. The largest absolute Gasteiger partial charge is 0.330 e. The smallest absolute Gasteiger partial charge is 0.00773 e. The van der Waals surface area contributed by atoms with E-state index in [2.05, 4.69) is 26.0 Å². The lowest BCUT2D eigenvalue weighted by Crippen LogP contribution is -1.97. The summed E-state index contributed by atoms with van der Waals surface area (Å²) < 4.78 is 0. The van der Waals surface area contributed by atoms with E-state index in [0.29, 0.717) is 0 Å². The molecule has 1 aromatic carbocycles. The van der Waals surface area contributed by atoms with E-state index in [4.69, 9.17) is 5.73 Å². The topological polar surface area (TPSA) is 26.0 Å². The van der Waals surface area contributed by atoms with Crippen LogP contribution in [0, 0.1) is 6.92 Å². The Morgan fingerprint density at radius 3 is 1.20 bits per heavy atom. The first-order valence-electron chi connectivity index (χ1n) is 11.0. The van der Waals surface area contributed by atoms with Crippen molar-refractivity contribution in [3.8, 4) is 0 Å². The SMILES string of the molecule is CCCCCCCCCCCCCCCCCN.Cc1ccccc1. The Morgan fingerprint density at radius 2 is 0.920 bits per heavy atom. The summed E-state index contributed by atoms with van der Waals surface area (Å²) in [5.41, 5.74) is 6.80. The maximum Gasteiger partial charge on any atom is -0.00773 e. The van der Waals surface area contributed by atoms with Crippen molar-refractivity contribution in [3.63, 3.8) is 0 Å². The average Bonchev–Trinajstić information content (AvgIpc) is 2.63. The minimum absolute atomic E-state index is 0.873. The first-order valence-corrected chi connectivity index (χ1v) is 11.0. The van der Waals surface area contributed by atoms with Crippen LogP contribution < -0.4 is 5.73 Å². The number of aryl methyl sites for hydroxylation is 1. The molecule has 1 rings (SSSR count). The van der Waals surface area contributed by atoms with Crippen LogP contribution in [0.15, 0.2) is 30.3 Å². The van der Waals surface area contributed by atoms with Crippen LogP contribution in [0.25, 0.3) is 0 Å². The Bertz CT molecular complexity index is 317. The number of hydrogen-bond donors (Lipinski definition) is 1. The maximum absolute atomic E-state index is 5.48. The van der Waals surface area contributed by atoms with Crippen molar-refractivity contribution in [1.29, 1.82) is 0 Å². The first kappa shape index (κ1) is 24.2. The van der Waals surface area contributed by atoms with Gasteiger partial charge in [-0.3, -0.25) is 0 Å². The third-order valence-corrected chi connectivity index (χ3v) is 4.75. The summed E-state index contributed by atoms with van der Waals surface area (Å²) in [6.45, 7) is 5.24. The van der Waals surface area contributed by atoms with Crippen molar-refractivity contribution in [2.24, 2.45) is 5.73 Å². The van der Waals surface area contributed by atoms with Gasteiger partial charge < -0.3 is 5.73 Å². The fourth-order valence-corrected chi connectivity index (χ4v) is 3.05. The van der Waals surface area contributed by atoms with Gasteiger partial charge in [0.05, 0.1) is 0 Å². The van der Waals surface area contributed by atoms with Crippen molar-refractivity contribution in [2.75, 3.05) is 6.54 Å². The van der Waals surface area contributed by atoms with Gasteiger partial charge in [-0.2, -0.15) is 0 Å². The lowest BCUT2D eigenvalue weighted by molar-refractivity contribution is 0.533. The van der Waals surface area contributed by atoms with E-state index in [1.807, 2.05) is 18.2 Å². The maximum atomic E-state index is 5.48. The normalized spacial score (nSPS) is 10.4. The van der Waals surface area contributed by atoms with Crippen LogP contribution in [-0.4, -0.2) is 6.54 Å². The van der Waals surface area contributed by atoms with Crippen LogP contribution in [0.2, 0.25) is 0 Å². The molecule has 0 fully saturated rings. The van der Waals surface area contributed by atoms with Crippen LogP contribution >= 0.6 is 0 Å². The Labute approximate surface area is 158 Å². The molecular formula is C24H45N. The zero-order valence-electron chi connectivity index (χ0n) is 17.3. The summed E-state index contributed by atoms with van der Waals surface area (Å²) in [5, 5.41) is 0. The number of hydrogen-bond acceptors (Lipinski definition) is 1. The molecule has 0 spiro atoms. The summed E-state index contributed by atoms with van der Waals surface area (Å²) >= 11 is 0. The quantitative estimate of drug-likeness (QED) is 0.322. The fourth-order valence-electron chi connectivity index (χ4n) is 3.05. The molecule has 1 nitrogen and oxygen atoms in total. The summed E-state index contributed by atoms with van der Waals surface area (Å²) in [7, 11) is 0. The van der Waals surface area contributed by atoms with Crippen LogP contribution in [0.5, 0.6) is 0 Å². The van der Waals surface area contributed by atoms with Gasteiger partial charge >= 0.3 is 0 Å². The highest BCUT2D eigenvalue weighted by Crippen LogP contribution is 2.13. The van der Waals surface area contributed by atoms with Crippen LogP contribution in [0.1, 0.15) is 109 Å². The second kappa shape index (κ2) is 21.2. The Morgan fingerprint density at radius 1 is 0.560 bits per heavy atom. The molecule has 0 aromatic heterocycles. The zero-order valence-corrected chi connectivity index (χ0v) is 17.3. The second-order valence-corrected chi connectivity index (χ2v) is 7.39. The second-order valence-electron chi connectivity index (χ2n) is 7.39. The Balaban J connectivity index is 0.000000676. The van der Waals surface area contributed by atoms with Gasteiger partial charge in [0.1, 0.15) is 0 Å². The third kappa shape index (κ3) is 21.1. The Kier molecular flexibility index (Phi) is 20.5. The van der Waals surface area contributed by atoms with Gasteiger partial charge in [0.2, 0.25) is 0 Å². The molecule has 146 valence electrons.